The molecule has 0 unspecified atom stereocenters. The smallest absolute Gasteiger partial charge is 0.253 e. The van der Waals surface area contributed by atoms with E-state index in [2.05, 4.69) is 0 Å². The van der Waals surface area contributed by atoms with Gasteiger partial charge in [-0.05, 0) is 24.3 Å². The highest BCUT2D eigenvalue weighted by Gasteiger charge is 2.24. The molecule has 5 nitrogen and oxygen atoms in total. The zero-order valence-electron chi connectivity index (χ0n) is 13.1. The molecule has 1 aromatic carbocycles. The summed E-state index contributed by atoms with van der Waals surface area (Å²) in [4.78, 5) is 29.8. The lowest BCUT2D eigenvalue weighted by atomic mass is 10.1. The third-order valence-electron chi connectivity index (χ3n) is 3.86. The van der Waals surface area contributed by atoms with E-state index < -0.39 is 0 Å². The quantitative estimate of drug-likeness (QED) is 0.792. The van der Waals surface area contributed by atoms with E-state index in [-0.39, 0.29) is 11.8 Å². The Morgan fingerprint density at radius 1 is 1.05 bits per heavy atom. The molecule has 22 heavy (non-hydrogen) atoms. The van der Waals surface area contributed by atoms with Gasteiger partial charge in [-0.1, -0.05) is 0 Å². The number of alkyl halides is 1. The normalized spacial score (nSPS) is 14.9. The molecule has 1 aliphatic heterocycles. The van der Waals surface area contributed by atoms with Crippen molar-refractivity contribution in [1.82, 2.24) is 9.80 Å². The second-order valence-electron chi connectivity index (χ2n) is 5.55. The number of anilines is 1. The number of hydrogen-bond donors (Lipinski definition) is 0. The summed E-state index contributed by atoms with van der Waals surface area (Å²) in [6.45, 7) is 2.30. The van der Waals surface area contributed by atoms with E-state index in [1.165, 1.54) is 0 Å². The number of piperazine rings is 1. The first-order valence-electron chi connectivity index (χ1n) is 7.43. The maximum atomic E-state index is 12.5. The van der Waals surface area contributed by atoms with E-state index in [1.54, 1.807) is 9.80 Å². The van der Waals surface area contributed by atoms with E-state index in [9.17, 15) is 9.59 Å². The average Bonchev–Trinajstić information content (AvgIpc) is 2.54. The van der Waals surface area contributed by atoms with Gasteiger partial charge in [0.05, 0.1) is 0 Å². The molecule has 1 aromatic rings. The molecule has 0 bridgehead atoms. The predicted octanol–water partition coefficient (Wildman–Crippen LogP) is 1.67. The summed E-state index contributed by atoms with van der Waals surface area (Å²) in [6, 6.07) is 7.58. The van der Waals surface area contributed by atoms with Crippen LogP contribution >= 0.6 is 11.6 Å². The van der Waals surface area contributed by atoms with Crippen molar-refractivity contribution in [2.45, 2.75) is 6.42 Å². The first-order valence-corrected chi connectivity index (χ1v) is 7.97. The van der Waals surface area contributed by atoms with Gasteiger partial charge in [-0.3, -0.25) is 9.59 Å². The molecule has 1 heterocycles. The van der Waals surface area contributed by atoms with Crippen molar-refractivity contribution in [3.05, 3.63) is 29.8 Å². The van der Waals surface area contributed by atoms with Crippen LogP contribution in [0, 0.1) is 0 Å². The summed E-state index contributed by atoms with van der Waals surface area (Å²) in [5.41, 5.74) is 1.75. The Labute approximate surface area is 136 Å². The van der Waals surface area contributed by atoms with Crippen LogP contribution < -0.4 is 4.90 Å². The molecule has 0 spiro atoms. The Balaban J connectivity index is 1.93. The van der Waals surface area contributed by atoms with Crippen LogP contribution in [0.4, 0.5) is 5.69 Å². The molecule has 0 radical (unpaired) electrons. The summed E-state index contributed by atoms with van der Waals surface area (Å²) in [5, 5.41) is 0. The Bertz CT molecular complexity index is 523. The molecule has 0 saturated carbocycles. The highest BCUT2D eigenvalue weighted by molar-refractivity contribution is 6.18. The molecule has 2 amide bonds. The van der Waals surface area contributed by atoms with E-state index >= 15 is 0 Å². The van der Waals surface area contributed by atoms with Crippen molar-refractivity contribution in [3.8, 4) is 0 Å². The molecule has 1 saturated heterocycles. The van der Waals surface area contributed by atoms with Crippen molar-refractivity contribution in [1.29, 1.82) is 0 Å². The maximum absolute atomic E-state index is 12.5. The number of halogens is 1. The Morgan fingerprint density at radius 3 is 2.09 bits per heavy atom. The summed E-state index contributed by atoms with van der Waals surface area (Å²) < 4.78 is 0. The molecule has 120 valence electrons. The van der Waals surface area contributed by atoms with Gasteiger partial charge in [0.15, 0.2) is 0 Å². The van der Waals surface area contributed by atoms with Crippen LogP contribution in [0.3, 0.4) is 0 Å². The second kappa shape index (κ2) is 7.49. The number of nitrogens with zero attached hydrogens (tertiary/aromatic N) is 3. The molecular weight excluding hydrogens is 302 g/mol. The second-order valence-corrected chi connectivity index (χ2v) is 5.93. The van der Waals surface area contributed by atoms with E-state index in [1.807, 2.05) is 43.3 Å². The lowest BCUT2D eigenvalue weighted by Gasteiger charge is -2.34. The highest BCUT2D eigenvalue weighted by Crippen LogP contribution is 2.15. The van der Waals surface area contributed by atoms with Gasteiger partial charge >= 0.3 is 0 Å². The van der Waals surface area contributed by atoms with Crippen LogP contribution in [-0.2, 0) is 4.79 Å². The van der Waals surface area contributed by atoms with Crippen LogP contribution in [-0.4, -0.2) is 67.8 Å². The van der Waals surface area contributed by atoms with Crippen molar-refractivity contribution in [2.75, 3.05) is 51.1 Å². The van der Waals surface area contributed by atoms with Gasteiger partial charge in [-0.25, -0.2) is 0 Å². The number of hydrogen-bond acceptors (Lipinski definition) is 3. The predicted molar refractivity (Wildman–Crippen MR) is 88.6 cm³/mol. The van der Waals surface area contributed by atoms with Gasteiger partial charge < -0.3 is 14.7 Å². The molecule has 0 aromatic heterocycles. The molecule has 2 rings (SSSR count). The van der Waals surface area contributed by atoms with Crippen LogP contribution in [0.1, 0.15) is 16.8 Å². The SMILES string of the molecule is CN(C)c1ccc(C(=O)N2CCN(C(=O)CCCl)CC2)cc1. The average molecular weight is 324 g/mol. The minimum atomic E-state index is 0.0229. The molecule has 1 fully saturated rings. The third kappa shape index (κ3) is 3.91. The summed E-state index contributed by atoms with van der Waals surface area (Å²) >= 11 is 5.59. The number of benzene rings is 1. The van der Waals surface area contributed by atoms with Crippen molar-refractivity contribution >= 4 is 29.1 Å². The first kappa shape index (κ1) is 16.6. The highest BCUT2D eigenvalue weighted by atomic mass is 35.5. The number of rotatable bonds is 4. The number of carbonyl (C=O) groups excluding carboxylic acids is 2. The van der Waals surface area contributed by atoms with Crippen molar-refractivity contribution in [3.63, 3.8) is 0 Å². The lowest BCUT2D eigenvalue weighted by molar-refractivity contribution is -0.132. The minimum Gasteiger partial charge on any atom is -0.378 e. The van der Waals surface area contributed by atoms with Gasteiger partial charge in [0.25, 0.3) is 5.91 Å². The topological polar surface area (TPSA) is 43.9 Å². The fourth-order valence-electron chi connectivity index (χ4n) is 2.48. The summed E-state index contributed by atoms with van der Waals surface area (Å²) in [6.07, 6.45) is 0.363. The monoisotopic (exact) mass is 323 g/mol. The first-order chi connectivity index (χ1) is 10.5. The summed E-state index contributed by atoms with van der Waals surface area (Å²) in [5.74, 6) is 0.433. The van der Waals surface area contributed by atoms with Crippen LogP contribution in [0.15, 0.2) is 24.3 Å². The number of carbonyl (C=O) groups is 2. The molecule has 0 atom stereocenters. The Hall–Kier alpha value is -1.75. The van der Waals surface area contributed by atoms with Crippen LogP contribution in [0.25, 0.3) is 0 Å². The van der Waals surface area contributed by atoms with Gasteiger partial charge in [0.1, 0.15) is 0 Å². The maximum Gasteiger partial charge on any atom is 0.253 e. The molecule has 6 heteroatoms. The molecule has 0 aliphatic carbocycles. The van der Waals surface area contributed by atoms with Gasteiger partial charge in [0.2, 0.25) is 5.91 Å². The summed E-state index contributed by atoms with van der Waals surface area (Å²) in [7, 11) is 3.93. The van der Waals surface area contributed by atoms with Crippen molar-refractivity contribution in [2.24, 2.45) is 0 Å². The zero-order chi connectivity index (χ0) is 16.1. The number of amides is 2. The largest absolute Gasteiger partial charge is 0.378 e. The lowest BCUT2D eigenvalue weighted by Crippen LogP contribution is -2.50. The minimum absolute atomic E-state index is 0.0229. The molecule has 1 aliphatic rings. The van der Waals surface area contributed by atoms with Crippen LogP contribution in [0.2, 0.25) is 0 Å². The zero-order valence-corrected chi connectivity index (χ0v) is 13.8. The fraction of sp³-hybridized carbons (Fsp3) is 0.500. The van der Waals surface area contributed by atoms with E-state index in [0.717, 1.165) is 5.69 Å². The fourth-order valence-corrected chi connectivity index (χ4v) is 2.64. The van der Waals surface area contributed by atoms with E-state index in [4.69, 9.17) is 11.6 Å². The standard InChI is InChI=1S/C16H22ClN3O2/c1-18(2)14-5-3-13(4-6-14)16(22)20-11-9-19(10-12-20)15(21)7-8-17/h3-6H,7-12H2,1-2H3. The third-order valence-corrected chi connectivity index (χ3v) is 4.05. The molecule has 0 N–H and O–H groups in total. The molecular formula is C16H22ClN3O2. The van der Waals surface area contributed by atoms with Crippen molar-refractivity contribution < 1.29 is 9.59 Å². The van der Waals surface area contributed by atoms with Gasteiger partial charge in [-0.2, -0.15) is 0 Å². The van der Waals surface area contributed by atoms with Gasteiger partial charge in [-0.15, -0.1) is 11.6 Å². The van der Waals surface area contributed by atoms with Crippen LogP contribution in [0.5, 0.6) is 0 Å². The Kier molecular flexibility index (Phi) is 5.66. The van der Waals surface area contributed by atoms with Gasteiger partial charge in [0, 0.05) is 63.8 Å². The Morgan fingerprint density at radius 2 is 1.59 bits per heavy atom. The van der Waals surface area contributed by atoms with E-state index in [0.29, 0.717) is 44.0 Å².